The average Bonchev–Trinajstić information content (AvgIpc) is 3.08. The molecule has 3 unspecified atom stereocenters. The first kappa shape index (κ1) is 16.2. The van der Waals surface area contributed by atoms with Gasteiger partial charge in [0.2, 0.25) is 0 Å². The molecule has 4 heteroatoms. The molecule has 4 nitrogen and oxygen atoms in total. The van der Waals surface area contributed by atoms with Crippen LogP contribution in [0.1, 0.15) is 51.9 Å². The highest BCUT2D eigenvalue weighted by Gasteiger charge is 2.64. The molecule has 0 aromatic carbocycles. The maximum Gasteiger partial charge on any atom is 0.161 e. The molecule has 0 aromatic rings. The molecule has 5 aliphatic rings. The molecule has 25 heavy (non-hydrogen) atoms. The molecule has 3 saturated carbocycles. The first-order valence-electron chi connectivity index (χ1n) is 10.00. The summed E-state index contributed by atoms with van der Waals surface area (Å²) in [7, 11) is 0. The number of rotatable bonds is 2. The van der Waals surface area contributed by atoms with Crippen LogP contribution < -0.4 is 0 Å². The maximum absolute atomic E-state index is 12.3. The number of aliphatic hydroxyl groups is 1. The van der Waals surface area contributed by atoms with Gasteiger partial charge in [0.05, 0.1) is 12.7 Å². The smallest absolute Gasteiger partial charge is 0.161 e. The molecule has 0 aromatic heterocycles. The lowest BCUT2D eigenvalue weighted by molar-refractivity contribution is -0.132. The summed E-state index contributed by atoms with van der Waals surface area (Å²) in [5, 5.41) is 9.40. The summed E-state index contributed by atoms with van der Waals surface area (Å²) in [6.45, 7) is 2.78. The normalized spacial score (nSPS) is 50.7. The van der Waals surface area contributed by atoms with E-state index in [-0.39, 0.29) is 41.0 Å². The lowest BCUT2D eigenvalue weighted by atomic mass is 9.46. The molecule has 5 rings (SSSR count). The van der Waals surface area contributed by atoms with Crippen molar-refractivity contribution in [3.8, 4) is 0 Å². The van der Waals surface area contributed by atoms with Crippen molar-refractivity contribution in [1.29, 1.82) is 0 Å². The van der Waals surface area contributed by atoms with Gasteiger partial charge in [-0.15, -0.1) is 0 Å². The lowest BCUT2D eigenvalue weighted by Crippen LogP contribution is -2.53. The number of hydrogen-bond donors (Lipinski definition) is 1. The molecule has 0 amide bonds. The second kappa shape index (κ2) is 5.26. The largest absolute Gasteiger partial charge is 0.389 e. The van der Waals surface area contributed by atoms with Gasteiger partial charge in [0, 0.05) is 17.8 Å². The predicted molar refractivity (Wildman–Crippen MR) is 91.7 cm³/mol. The molecule has 4 aliphatic carbocycles. The molecular weight excluding hydrogens is 316 g/mol. The zero-order valence-corrected chi connectivity index (χ0v) is 15.0. The molecule has 1 N–H and O–H groups in total. The average molecular weight is 344 g/mol. The van der Waals surface area contributed by atoms with Crippen LogP contribution in [0.3, 0.4) is 0 Å². The minimum Gasteiger partial charge on any atom is -0.389 e. The van der Waals surface area contributed by atoms with Gasteiger partial charge in [-0.05, 0) is 73.3 Å². The fraction of sp³-hybridized carbons (Fsp3) is 0.810. The highest BCUT2D eigenvalue weighted by Crippen LogP contribution is 2.68. The van der Waals surface area contributed by atoms with Gasteiger partial charge in [-0.2, -0.15) is 0 Å². The Hall–Kier alpha value is -1.00. The number of ether oxygens (including phenoxy) is 1. The van der Waals surface area contributed by atoms with Crippen LogP contribution in [-0.2, 0) is 14.3 Å². The fourth-order valence-electron chi connectivity index (χ4n) is 7.68. The van der Waals surface area contributed by atoms with Crippen LogP contribution in [0.4, 0.5) is 0 Å². The number of ketones is 2. The molecule has 1 saturated heterocycles. The number of hydrogen-bond acceptors (Lipinski definition) is 4. The van der Waals surface area contributed by atoms with Gasteiger partial charge >= 0.3 is 0 Å². The number of fused-ring (bicyclic) bond motifs is 3. The molecule has 136 valence electrons. The van der Waals surface area contributed by atoms with Gasteiger partial charge in [-0.25, -0.2) is 0 Å². The summed E-state index contributed by atoms with van der Waals surface area (Å²) in [6.07, 6.45) is 8.92. The minimum atomic E-state index is -0.314. The van der Waals surface area contributed by atoms with Crippen molar-refractivity contribution in [3.05, 3.63) is 11.6 Å². The topological polar surface area (TPSA) is 63.6 Å². The number of aliphatic hydroxyl groups excluding tert-OH is 1. The zero-order chi connectivity index (χ0) is 17.4. The Labute approximate surface area is 149 Å². The van der Waals surface area contributed by atoms with Gasteiger partial charge in [-0.3, -0.25) is 9.59 Å². The van der Waals surface area contributed by atoms with E-state index in [4.69, 9.17) is 4.74 Å². The highest BCUT2D eigenvalue weighted by atomic mass is 16.5. The molecular formula is C21H28O4. The first-order chi connectivity index (χ1) is 12.0. The van der Waals surface area contributed by atoms with E-state index >= 15 is 0 Å². The van der Waals surface area contributed by atoms with Crippen LogP contribution >= 0.6 is 0 Å². The molecule has 1 heterocycles. The van der Waals surface area contributed by atoms with Crippen LogP contribution in [0.5, 0.6) is 0 Å². The van der Waals surface area contributed by atoms with Gasteiger partial charge < -0.3 is 9.84 Å². The Morgan fingerprint density at radius 3 is 2.92 bits per heavy atom. The Balaban J connectivity index is 1.51. The number of carbonyl (C=O) groups is 2. The molecule has 0 radical (unpaired) electrons. The van der Waals surface area contributed by atoms with Crippen LogP contribution in [-0.4, -0.2) is 36.0 Å². The summed E-state index contributed by atoms with van der Waals surface area (Å²) in [6, 6.07) is 0. The monoisotopic (exact) mass is 344 g/mol. The van der Waals surface area contributed by atoms with E-state index < -0.39 is 0 Å². The van der Waals surface area contributed by atoms with E-state index in [2.05, 4.69) is 6.92 Å². The van der Waals surface area contributed by atoms with Gasteiger partial charge in [0.15, 0.2) is 11.6 Å². The van der Waals surface area contributed by atoms with Crippen molar-refractivity contribution >= 4 is 11.6 Å². The highest BCUT2D eigenvalue weighted by molar-refractivity contribution is 5.92. The van der Waals surface area contributed by atoms with E-state index in [0.29, 0.717) is 24.2 Å². The first-order valence-corrected chi connectivity index (χ1v) is 10.00. The van der Waals surface area contributed by atoms with Crippen LogP contribution in [0.25, 0.3) is 0 Å². The number of carbonyl (C=O) groups excluding carboxylic acids is 2. The van der Waals surface area contributed by atoms with Crippen molar-refractivity contribution in [1.82, 2.24) is 0 Å². The maximum atomic E-state index is 12.3. The third-order valence-corrected chi connectivity index (χ3v) is 8.78. The quantitative estimate of drug-likeness (QED) is 0.836. The molecule has 0 spiro atoms. The van der Waals surface area contributed by atoms with Crippen molar-refractivity contribution in [2.75, 3.05) is 13.2 Å². The van der Waals surface area contributed by atoms with E-state index in [0.717, 1.165) is 45.1 Å². The summed E-state index contributed by atoms with van der Waals surface area (Å²) < 4.78 is 6.20. The van der Waals surface area contributed by atoms with Gasteiger partial charge in [0.1, 0.15) is 6.61 Å². The standard InChI is InChI=1S/C21H28O4/c1-20-6-5-15-13(14(20)2-3-16(20)18(24)10-22)9-19-17-8-12(23)4-7-21(15,17)11-25-19/h8,13-16,19,22H,2-7,9-11H2,1H3/t13?,14?,15?,16-,19-,20+,21+/m1/s1. The van der Waals surface area contributed by atoms with E-state index in [1.165, 1.54) is 5.57 Å². The number of Topliss-reactive ketones (excluding diaryl/α,β-unsaturated/α-hetero) is 1. The summed E-state index contributed by atoms with van der Waals surface area (Å²) in [5.41, 5.74) is 1.44. The summed E-state index contributed by atoms with van der Waals surface area (Å²) in [5.74, 6) is 2.12. The molecule has 1 aliphatic heterocycles. The predicted octanol–water partition coefficient (Wildman–Crippen LogP) is 2.68. The second-order valence-electron chi connectivity index (χ2n) is 9.43. The van der Waals surface area contributed by atoms with Crippen molar-refractivity contribution < 1.29 is 19.4 Å². The van der Waals surface area contributed by atoms with E-state index in [1.807, 2.05) is 6.08 Å². The Bertz CT molecular complexity index is 667. The van der Waals surface area contributed by atoms with Crippen molar-refractivity contribution in [3.63, 3.8) is 0 Å². The van der Waals surface area contributed by atoms with Crippen LogP contribution in [0, 0.1) is 34.5 Å². The molecule has 4 fully saturated rings. The van der Waals surface area contributed by atoms with Crippen LogP contribution in [0.2, 0.25) is 0 Å². The third kappa shape index (κ3) is 1.96. The Morgan fingerprint density at radius 1 is 1.28 bits per heavy atom. The molecule has 2 bridgehead atoms. The molecule has 7 atom stereocenters. The van der Waals surface area contributed by atoms with Crippen molar-refractivity contribution in [2.45, 2.75) is 58.0 Å². The SMILES string of the molecule is C[C@]12CCC3C(C[C@H]4OC[C@@]35CCC(=O)C=C45)C1CC[C@@H]2C(=O)CO. The Kier molecular flexibility index (Phi) is 3.41. The summed E-state index contributed by atoms with van der Waals surface area (Å²) >= 11 is 0. The fourth-order valence-corrected chi connectivity index (χ4v) is 7.68. The lowest BCUT2D eigenvalue weighted by Gasteiger charge is -2.56. The van der Waals surface area contributed by atoms with Crippen molar-refractivity contribution in [2.24, 2.45) is 34.5 Å². The van der Waals surface area contributed by atoms with E-state index in [9.17, 15) is 14.7 Å². The second-order valence-corrected chi connectivity index (χ2v) is 9.43. The zero-order valence-electron chi connectivity index (χ0n) is 15.0. The van der Waals surface area contributed by atoms with Gasteiger partial charge in [0.25, 0.3) is 0 Å². The minimum absolute atomic E-state index is 0.0318. The van der Waals surface area contributed by atoms with E-state index in [1.54, 1.807) is 0 Å². The van der Waals surface area contributed by atoms with Crippen LogP contribution in [0.15, 0.2) is 11.6 Å². The Morgan fingerprint density at radius 2 is 2.12 bits per heavy atom. The van der Waals surface area contributed by atoms with Gasteiger partial charge in [-0.1, -0.05) is 6.92 Å². The third-order valence-electron chi connectivity index (χ3n) is 8.78. The summed E-state index contributed by atoms with van der Waals surface area (Å²) in [4.78, 5) is 24.3.